The standard InChI is InChI=1S/C20H15N5O2S/c21-12-16(13-4-2-1-3-5-13)25-20(26)27-17-8-11-28-19(17)24-15-7-10-23-18-14(15)6-9-22-18/h1-11,16H,(H,25,26)(H2,22,23,24). The van der Waals surface area contributed by atoms with Gasteiger partial charge in [-0.15, -0.1) is 11.3 Å². The summed E-state index contributed by atoms with van der Waals surface area (Å²) < 4.78 is 5.43. The SMILES string of the molecule is N#CC(NC(=O)Oc1ccsc1Nc1ccnc2[nH]ccc12)c1ccccc1. The number of nitrogens with one attached hydrogen (secondary N) is 3. The van der Waals surface area contributed by atoms with Crippen molar-refractivity contribution in [3.05, 3.63) is 71.9 Å². The first-order valence-corrected chi connectivity index (χ1v) is 9.32. The van der Waals surface area contributed by atoms with Crippen LogP contribution in [0.3, 0.4) is 0 Å². The Morgan fingerprint density at radius 3 is 2.89 bits per heavy atom. The summed E-state index contributed by atoms with van der Waals surface area (Å²) in [5, 5.41) is 18.6. The molecule has 0 radical (unpaired) electrons. The Bertz CT molecular complexity index is 1150. The molecule has 0 saturated heterocycles. The lowest BCUT2D eigenvalue weighted by molar-refractivity contribution is 0.199. The third-order valence-corrected chi connectivity index (χ3v) is 4.88. The smallest absolute Gasteiger partial charge is 0.407 e. The molecule has 28 heavy (non-hydrogen) atoms. The van der Waals surface area contributed by atoms with Crippen LogP contribution in [0.15, 0.2) is 66.3 Å². The van der Waals surface area contributed by atoms with Gasteiger partial charge in [0.05, 0.1) is 11.8 Å². The number of benzene rings is 1. The van der Waals surface area contributed by atoms with Gasteiger partial charge in [-0.1, -0.05) is 30.3 Å². The number of fused-ring (bicyclic) bond motifs is 1. The Hall–Kier alpha value is -3.83. The van der Waals surface area contributed by atoms with Crippen LogP contribution in [0.4, 0.5) is 15.5 Å². The van der Waals surface area contributed by atoms with Crippen molar-refractivity contribution in [3.8, 4) is 11.8 Å². The van der Waals surface area contributed by atoms with Crippen LogP contribution in [0.5, 0.6) is 5.75 Å². The van der Waals surface area contributed by atoms with Crippen molar-refractivity contribution < 1.29 is 9.53 Å². The highest BCUT2D eigenvalue weighted by molar-refractivity contribution is 7.14. The number of nitriles is 1. The van der Waals surface area contributed by atoms with Gasteiger partial charge in [-0.05, 0) is 29.1 Å². The molecule has 3 heterocycles. The minimum atomic E-state index is -0.788. The number of nitrogens with zero attached hydrogens (tertiary/aromatic N) is 2. The Balaban J connectivity index is 1.48. The third kappa shape index (κ3) is 3.65. The van der Waals surface area contributed by atoms with E-state index in [4.69, 9.17) is 4.74 Å². The van der Waals surface area contributed by atoms with Gasteiger partial charge in [-0.3, -0.25) is 0 Å². The summed E-state index contributed by atoms with van der Waals surface area (Å²) in [7, 11) is 0. The maximum Gasteiger partial charge on any atom is 0.414 e. The van der Waals surface area contributed by atoms with Gasteiger partial charge in [-0.2, -0.15) is 5.26 Å². The van der Waals surface area contributed by atoms with Crippen molar-refractivity contribution in [1.82, 2.24) is 15.3 Å². The monoisotopic (exact) mass is 389 g/mol. The molecule has 0 aliphatic rings. The summed E-state index contributed by atoms with van der Waals surface area (Å²) in [6.07, 6.45) is 2.81. The van der Waals surface area contributed by atoms with E-state index in [-0.39, 0.29) is 0 Å². The largest absolute Gasteiger partial charge is 0.414 e. The van der Waals surface area contributed by atoms with E-state index in [9.17, 15) is 10.1 Å². The molecule has 0 fully saturated rings. The van der Waals surface area contributed by atoms with E-state index in [0.717, 1.165) is 16.7 Å². The van der Waals surface area contributed by atoms with Crippen molar-refractivity contribution in [1.29, 1.82) is 5.26 Å². The Morgan fingerprint density at radius 2 is 2.07 bits per heavy atom. The number of hydrogen-bond acceptors (Lipinski definition) is 6. The van der Waals surface area contributed by atoms with Crippen LogP contribution in [-0.4, -0.2) is 16.1 Å². The average Bonchev–Trinajstić information content (AvgIpc) is 3.37. The quantitative estimate of drug-likeness (QED) is 0.458. The second-order valence-electron chi connectivity index (χ2n) is 5.84. The van der Waals surface area contributed by atoms with Crippen LogP contribution in [-0.2, 0) is 0 Å². The Labute approximate surface area is 164 Å². The van der Waals surface area contributed by atoms with Crippen molar-refractivity contribution >= 4 is 39.2 Å². The highest BCUT2D eigenvalue weighted by Crippen LogP contribution is 2.35. The van der Waals surface area contributed by atoms with Gasteiger partial charge in [0.15, 0.2) is 5.75 Å². The number of H-pyrrole nitrogens is 1. The predicted molar refractivity (Wildman–Crippen MR) is 108 cm³/mol. The molecule has 0 aliphatic carbocycles. The lowest BCUT2D eigenvalue weighted by atomic mass is 10.1. The zero-order chi connectivity index (χ0) is 19.3. The van der Waals surface area contributed by atoms with Crippen LogP contribution in [0.2, 0.25) is 0 Å². The van der Waals surface area contributed by atoms with E-state index in [2.05, 4.69) is 26.7 Å². The number of pyridine rings is 1. The van der Waals surface area contributed by atoms with Crippen LogP contribution in [0.25, 0.3) is 11.0 Å². The number of amides is 1. The lowest BCUT2D eigenvalue weighted by Gasteiger charge is -2.13. The van der Waals surface area contributed by atoms with E-state index >= 15 is 0 Å². The molecular weight excluding hydrogens is 374 g/mol. The van der Waals surface area contributed by atoms with Gasteiger partial charge in [0.25, 0.3) is 0 Å². The van der Waals surface area contributed by atoms with E-state index < -0.39 is 12.1 Å². The second-order valence-corrected chi connectivity index (χ2v) is 6.76. The molecule has 0 spiro atoms. The summed E-state index contributed by atoms with van der Waals surface area (Å²) in [6, 6.07) is 15.8. The number of anilines is 2. The number of carbonyl (C=O) groups is 1. The van der Waals surface area contributed by atoms with Crippen LogP contribution in [0, 0.1) is 11.3 Å². The zero-order valence-electron chi connectivity index (χ0n) is 14.5. The predicted octanol–water partition coefficient (Wildman–Crippen LogP) is 4.72. The maximum atomic E-state index is 12.3. The molecule has 1 unspecified atom stereocenters. The molecule has 4 rings (SSSR count). The normalized spacial score (nSPS) is 11.5. The Kier molecular flexibility index (Phi) is 4.91. The second kappa shape index (κ2) is 7.82. The van der Waals surface area contributed by atoms with Crippen molar-refractivity contribution in [3.63, 3.8) is 0 Å². The number of rotatable bonds is 5. The minimum Gasteiger partial charge on any atom is -0.407 e. The first-order valence-electron chi connectivity index (χ1n) is 8.44. The summed E-state index contributed by atoms with van der Waals surface area (Å²) >= 11 is 1.41. The molecular formula is C20H15N5O2S. The Morgan fingerprint density at radius 1 is 1.21 bits per heavy atom. The molecule has 0 aliphatic heterocycles. The number of ether oxygens (including phenoxy) is 1. The summed E-state index contributed by atoms with van der Waals surface area (Å²) in [5.41, 5.74) is 2.30. The molecule has 1 aromatic carbocycles. The molecule has 4 aromatic rings. The number of aromatic amines is 1. The third-order valence-electron chi connectivity index (χ3n) is 4.06. The van der Waals surface area contributed by atoms with Gasteiger partial charge in [0.2, 0.25) is 0 Å². The van der Waals surface area contributed by atoms with Crippen LogP contribution < -0.4 is 15.4 Å². The highest BCUT2D eigenvalue weighted by atomic mass is 32.1. The zero-order valence-corrected chi connectivity index (χ0v) is 15.4. The molecule has 0 bridgehead atoms. The van der Waals surface area contributed by atoms with Crippen LogP contribution >= 0.6 is 11.3 Å². The fourth-order valence-electron chi connectivity index (χ4n) is 2.74. The van der Waals surface area contributed by atoms with Gasteiger partial charge >= 0.3 is 6.09 Å². The van der Waals surface area contributed by atoms with Crippen LogP contribution in [0.1, 0.15) is 11.6 Å². The number of carbonyl (C=O) groups excluding carboxylic acids is 1. The molecule has 3 aromatic heterocycles. The number of thiophene rings is 1. The van der Waals surface area contributed by atoms with Crippen molar-refractivity contribution in [2.45, 2.75) is 6.04 Å². The van der Waals surface area contributed by atoms with Gasteiger partial charge in [0, 0.05) is 17.8 Å². The molecule has 8 heteroatoms. The highest BCUT2D eigenvalue weighted by Gasteiger charge is 2.17. The first kappa shape index (κ1) is 17.6. The first-order chi connectivity index (χ1) is 13.7. The number of aromatic nitrogens is 2. The van der Waals surface area contributed by atoms with Crippen molar-refractivity contribution in [2.75, 3.05) is 5.32 Å². The summed E-state index contributed by atoms with van der Waals surface area (Å²) in [4.78, 5) is 19.6. The van der Waals surface area contributed by atoms with E-state index in [1.807, 2.05) is 41.9 Å². The summed E-state index contributed by atoms with van der Waals surface area (Å²) in [6.45, 7) is 0. The van der Waals surface area contributed by atoms with E-state index in [1.54, 1.807) is 24.4 Å². The van der Waals surface area contributed by atoms with E-state index in [0.29, 0.717) is 16.3 Å². The van der Waals surface area contributed by atoms with Gasteiger partial charge in [-0.25, -0.2) is 9.78 Å². The molecule has 1 amide bonds. The topological polar surface area (TPSA) is 103 Å². The van der Waals surface area contributed by atoms with Gasteiger partial charge in [0.1, 0.15) is 16.7 Å². The summed E-state index contributed by atoms with van der Waals surface area (Å²) in [5.74, 6) is 0.382. The average molecular weight is 389 g/mol. The minimum absolute atomic E-state index is 0.382. The van der Waals surface area contributed by atoms with E-state index in [1.165, 1.54) is 11.3 Å². The maximum absolute atomic E-state index is 12.3. The molecule has 1 atom stereocenters. The molecule has 138 valence electrons. The fourth-order valence-corrected chi connectivity index (χ4v) is 3.47. The molecule has 7 nitrogen and oxygen atoms in total. The lowest BCUT2D eigenvalue weighted by Crippen LogP contribution is -2.30. The fraction of sp³-hybridized carbons (Fsp3) is 0.0500. The molecule has 0 saturated carbocycles. The number of hydrogen-bond donors (Lipinski definition) is 3. The van der Waals surface area contributed by atoms with Gasteiger partial charge < -0.3 is 20.4 Å². The van der Waals surface area contributed by atoms with Crippen molar-refractivity contribution in [2.24, 2.45) is 0 Å². The molecule has 3 N–H and O–H groups in total.